The quantitative estimate of drug-likeness (QED) is 0.573. The molecule has 1 aromatic carbocycles. The predicted octanol–water partition coefficient (Wildman–Crippen LogP) is 2.26. The topological polar surface area (TPSA) is 75.9 Å². The molecule has 0 aliphatic heterocycles. The van der Waals surface area contributed by atoms with Gasteiger partial charge in [-0.2, -0.15) is 0 Å². The summed E-state index contributed by atoms with van der Waals surface area (Å²) < 4.78 is 13.7. The van der Waals surface area contributed by atoms with Gasteiger partial charge in [0.15, 0.2) is 0 Å². The van der Waals surface area contributed by atoms with E-state index in [1.54, 1.807) is 13.0 Å². The minimum absolute atomic E-state index is 0.324. The standard InChI is InChI=1S/C12H14FN5/c1-7-3-4-10(9(13)5-7)17-11-8(2)12(18-14)16-6-15-11/h3-6H,14H2,1-2H3,(H2,15,16,17,18). The highest BCUT2D eigenvalue weighted by atomic mass is 19.1. The molecule has 5 nitrogen and oxygen atoms in total. The average molecular weight is 247 g/mol. The summed E-state index contributed by atoms with van der Waals surface area (Å²) in [6.07, 6.45) is 1.36. The van der Waals surface area contributed by atoms with Gasteiger partial charge in [0.1, 0.15) is 23.8 Å². The summed E-state index contributed by atoms with van der Waals surface area (Å²) in [4.78, 5) is 8.02. The van der Waals surface area contributed by atoms with E-state index in [-0.39, 0.29) is 5.82 Å². The minimum atomic E-state index is -0.324. The van der Waals surface area contributed by atoms with Crippen molar-refractivity contribution in [3.8, 4) is 0 Å². The number of aromatic nitrogens is 2. The number of hydrogen-bond donors (Lipinski definition) is 3. The van der Waals surface area contributed by atoms with E-state index in [0.717, 1.165) is 11.1 Å². The molecule has 0 spiro atoms. The van der Waals surface area contributed by atoms with Crippen molar-refractivity contribution in [3.63, 3.8) is 0 Å². The zero-order valence-corrected chi connectivity index (χ0v) is 10.2. The summed E-state index contributed by atoms with van der Waals surface area (Å²) in [6.45, 7) is 3.63. The number of hydrazine groups is 1. The van der Waals surface area contributed by atoms with Gasteiger partial charge in [0.05, 0.1) is 5.69 Å². The predicted molar refractivity (Wildman–Crippen MR) is 69.0 cm³/mol. The number of hydrogen-bond acceptors (Lipinski definition) is 5. The van der Waals surface area contributed by atoms with E-state index >= 15 is 0 Å². The van der Waals surface area contributed by atoms with Crippen LogP contribution in [0.1, 0.15) is 11.1 Å². The molecule has 0 saturated heterocycles. The Morgan fingerprint density at radius 2 is 1.89 bits per heavy atom. The van der Waals surface area contributed by atoms with Crippen LogP contribution in [0.15, 0.2) is 24.5 Å². The first-order chi connectivity index (χ1) is 8.61. The Kier molecular flexibility index (Phi) is 3.38. The second-order valence-corrected chi connectivity index (χ2v) is 3.95. The van der Waals surface area contributed by atoms with Crippen LogP contribution in [0.3, 0.4) is 0 Å². The zero-order valence-electron chi connectivity index (χ0n) is 10.2. The third kappa shape index (κ3) is 2.38. The normalized spacial score (nSPS) is 10.2. The second kappa shape index (κ2) is 4.97. The van der Waals surface area contributed by atoms with E-state index in [4.69, 9.17) is 5.84 Å². The number of nitrogens with two attached hydrogens (primary N) is 1. The van der Waals surface area contributed by atoms with Crippen LogP contribution in [-0.4, -0.2) is 9.97 Å². The highest BCUT2D eigenvalue weighted by Gasteiger charge is 2.08. The molecule has 0 atom stereocenters. The highest BCUT2D eigenvalue weighted by Crippen LogP contribution is 2.24. The summed E-state index contributed by atoms with van der Waals surface area (Å²) in [7, 11) is 0. The molecule has 2 rings (SSSR count). The molecule has 1 heterocycles. The fourth-order valence-electron chi connectivity index (χ4n) is 1.57. The molecule has 2 aromatic rings. The summed E-state index contributed by atoms with van der Waals surface area (Å²) in [5.74, 6) is 6.01. The fourth-order valence-corrected chi connectivity index (χ4v) is 1.57. The van der Waals surface area contributed by atoms with Crippen LogP contribution < -0.4 is 16.6 Å². The lowest BCUT2D eigenvalue weighted by Crippen LogP contribution is -2.11. The first-order valence-corrected chi connectivity index (χ1v) is 5.43. The van der Waals surface area contributed by atoms with Gasteiger partial charge in [-0.05, 0) is 31.5 Å². The monoisotopic (exact) mass is 247 g/mol. The van der Waals surface area contributed by atoms with E-state index < -0.39 is 0 Å². The molecule has 94 valence electrons. The van der Waals surface area contributed by atoms with E-state index in [2.05, 4.69) is 20.7 Å². The van der Waals surface area contributed by atoms with E-state index in [1.807, 2.05) is 13.0 Å². The summed E-state index contributed by atoms with van der Waals surface area (Å²) in [5.41, 5.74) is 4.41. The molecule has 0 bridgehead atoms. The number of nitrogens with one attached hydrogen (secondary N) is 2. The zero-order chi connectivity index (χ0) is 13.1. The van der Waals surface area contributed by atoms with Crippen LogP contribution in [0.5, 0.6) is 0 Å². The maximum Gasteiger partial charge on any atom is 0.148 e. The lowest BCUT2D eigenvalue weighted by molar-refractivity contribution is 0.630. The maximum atomic E-state index is 13.7. The summed E-state index contributed by atoms with van der Waals surface area (Å²) in [5, 5.41) is 2.92. The number of rotatable bonds is 3. The molecule has 0 aliphatic rings. The lowest BCUT2D eigenvalue weighted by Gasteiger charge is -2.11. The highest BCUT2D eigenvalue weighted by molar-refractivity contribution is 5.64. The van der Waals surface area contributed by atoms with Crippen molar-refractivity contribution in [2.24, 2.45) is 5.84 Å². The van der Waals surface area contributed by atoms with Crippen molar-refractivity contribution in [1.82, 2.24) is 9.97 Å². The Hall–Kier alpha value is -2.21. The number of nitrogen functional groups attached to an aromatic ring is 1. The van der Waals surface area contributed by atoms with Crippen molar-refractivity contribution in [3.05, 3.63) is 41.5 Å². The van der Waals surface area contributed by atoms with Crippen molar-refractivity contribution in [2.45, 2.75) is 13.8 Å². The Morgan fingerprint density at radius 3 is 2.56 bits per heavy atom. The molecule has 0 saturated carbocycles. The number of aryl methyl sites for hydroxylation is 1. The van der Waals surface area contributed by atoms with E-state index in [1.165, 1.54) is 12.4 Å². The number of nitrogens with zero attached hydrogens (tertiary/aromatic N) is 2. The Balaban J connectivity index is 2.34. The molecule has 0 radical (unpaired) electrons. The smallest absolute Gasteiger partial charge is 0.148 e. The molecule has 0 fully saturated rings. The van der Waals surface area contributed by atoms with Crippen LogP contribution in [0.25, 0.3) is 0 Å². The molecule has 18 heavy (non-hydrogen) atoms. The molecular formula is C12H14FN5. The van der Waals surface area contributed by atoms with Crippen LogP contribution >= 0.6 is 0 Å². The first-order valence-electron chi connectivity index (χ1n) is 5.43. The van der Waals surface area contributed by atoms with Gasteiger partial charge in [0, 0.05) is 5.56 Å². The lowest BCUT2D eigenvalue weighted by atomic mass is 10.2. The molecule has 0 amide bonds. The molecule has 6 heteroatoms. The van der Waals surface area contributed by atoms with Crippen LogP contribution in [-0.2, 0) is 0 Å². The van der Waals surface area contributed by atoms with E-state index in [9.17, 15) is 4.39 Å². The molecule has 4 N–H and O–H groups in total. The largest absolute Gasteiger partial charge is 0.337 e. The average Bonchev–Trinajstić information content (AvgIpc) is 2.35. The van der Waals surface area contributed by atoms with Gasteiger partial charge in [-0.3, -0.25) is 0 Å². The Morgan fingerprint density at radius 1 is 1.17 bits per heavy atom. The van der Waals surface area contributed by atoms with Gasteiger partial charge in [0.25, 0.3) is 0 Å². The number of anilines is 3. The van der Waals surface area contributed by atoms with Crippen LogP contribution in [0.4, 0.5) is 21.7 Å². The SMILES string of the molecule is Cc1ccc(Nc2ncnc(NN)c2C)c(F)c1. The maximum absolute atomic E-state index is 13.7. The first kappa shape index (κ1) is 12.3. The van der Waals surface area contributed by atoms with Crippen LogP contribution in [0, 0.1) is 19.7 Å². The molecular weight excluding hydrogens is 233 g/mol. The van der Waals surface area contributed by atoms with Crippen molar-refractivity contribution in [1.29, 1.82) is 0 Å². The van der Waals surface area contributed by atoms with Gasteiger partial charge in [0.2, 0.25) is 0 Å². The third-order valence-corrected chi connectivity index (χ3v) is 2.60. The Labute approximate surface area is 104 Å². The minimum Gasteiger partial charge on any atom is -0.337 e. The van der Waals surface area contributed by atoms with Crippen molar-refractivity contribution < 1.29 is 4.39 Å². The van der Waals surface area contributed by atoms with Gasteiger partial charge in [-0.15, -0.1) is 0 Å². The number of benzene rings is 1. The second-order valence-electron chi connectivity index (χ2n) is 3.95. The molecule has 1 aromatic heterocycles. The van der Waals surface area contributed by atoms with Gasteiger partial charge >= 0.3 is 0 Å². The number of halogens is 1. The fraction of sp³-hybridized carbons (Fsp3) is 0.167. The Bertz CT molecular complexity index is 570. The molecule has 0 aliphatic carbocycles. The third-order valence-electron chi connectivity index (χ3n) is 2.60. The summed E-state index contributed by atoms with van der Waals surface area (Å²) in [6, 6.07) is 4.95. The molecule has 0 unspecified atom stereocenters. The van der Waals surface area contributed by atoms with Crippen LogP contribution in [0.2, 0.25) is 0 Å². The van der Waals surface area contributed by atoms with Crippen molar-refractivity contribution >= 4 is 17.3 Å². The van der Waals surface area contributed by atoms with Crippen molar-refractivity contribution in [2.75, 3.05) is 10.7 Å². The summed E-state index contributed by atoms with van der Waals surface area (Å²) >= 11 is 0. The van der Waals surface area contributed by atoms with Gasteiger partial charge in [-0.1, -0.05) is 6.07 Å². The van der Waals surface area contributed by atoms with E-state index in [0.29, 0.717) is 17.3 Å². The van der Waals surface area contributed by atoms with Gasteiger partial charge < -0.3 is 10.7 Å². The van der Waals surface area contributed by atoms with Gasteiger partial charge in [-0.25, -0.2) is 20.2 Å².